The van der Waals surface area contributed by atoms with E-state index < -0.39 is 0 Å². The van der Waals surface area contributed by atoms with E-state index >= 15 is 0 Å². The molecule has 0 spiro atoms. The molecule has 1 aliphatic rings. The second-order valence-electron chi connectivity index (χ2n) is 4.54. The van der Waals surface area contributed by atoms with Gasteiger partial charge in [-0.15, -0.1) is 10.2 Å². The summed E-state index contributed by atoms with van der Waals surface area (Å²) in [7, 11) is 0. The minimum atomic E-state index is 0.366. The predicted molar refractivity (Wildman–Crippen MR) is 67.0 cm³/mol. The van der Waals surface area contributed by atoms with Crippen molar-refractivity contribution in [2.45, 2.75) is 32.7 Å². The third-order valence-corrected chi connectivity index (χ3v) is 3.99. The SMILES string of the molecule is CC1CCC(Nc2cc(Cl)nnc2Cl)C1C. The summed E-state index contributed by atoms with van der Waals surface area (Å²) in [5.41, 5.74) is 0.785. The Morgan fingerprint density at radius 3 is 2.62 bits per heavy atom. The molecule has 1 N–H and O–H groups in total. The molecule has 16 heavy (non-hydrogen) atoms. The van der Waals surface area contributed by atoms with Crippen molar-refractivity contribution in [2.24, 2.45) is 11.8 Å². The summed E-state index contributed by atoms with van der Waals surface area (Å²) < 4.78 is 0. The molecule has 0 amide bonds. The van der Waals surface area contributed by atoms with Gasteiger partial charge in [0, 0.05) is 12.1 Å². The number of anilines is 1. The first kappa shape index (κ1) is 11.9. The summed E-state index contributed by atoms with van der Waals surface area (Å²) in [5, 5.41) is 11.6. The molecule has 0 bridgehead atoms. The van der Waals surface area contributed by atoms with Crippen LogP contribution in [0.15, 0.2) is 6.07 Å². The topological polar surface area (TPSA) is 37.8 Å². The average Bonchev–Trinajstić information content (AvgIpc) is 2.55. The van der Waals surface area contributed by atoms with E-state index in [4.69, 9.17) is 23.2 Å². The normalized spacial score (nSPS) is 29.4. The van der Waals surface area contributed by atoms with Crippen LogP contribution in [-0.2, 0) is 0 Å². The van der Waals surface area contributed by atoms with Crippen LogP contribution in [0.4, 0.5) is 5.69 Å². The highest BCUT2D eigenvalue weighted by Gasteiger charge is 2.30. The zero-order valence-electron chi connectivity index (χ0n) is 9.37. The van der Waals surface area contributed by atoms with Crippen LogP contribution in [0.2, 0.25) is 10.3 Å². The van der Waals surface area contributed by atoms with Gasteiger partial charge in [0.25, 0.3) is 0 Å². The van der Waals surface area contributed by atoms with E-state index in [1.165, 1.54) is 12.8 Å². The van der Waals surface area contributed by atoms with Gasteiger partial charge in [-0.3, -0.25) is 0 Å². The molecule has 3 nitrogen and oxygen atoms in total. The molecule has 0 aromatic carbocycles. The van der Waals surface area contributed by atoms with Crippen molar-refractivity contribution in [2.75, 3.05) is 5.32 Å². The lowest BCUT2D eigenvalue weighted by atomic mass is 9.98. The molecule has 1 heterocycles. The van der Waals surface area contributed by atoms with Crippen molar-refractivity contribution < 1.29 is 0 Å². The van der Waals surface area contributed by atoms with Crippen molar-refractivity contribution in [3.8, 4) is 0 Å². The first-order valence-corrected chi connectivity index (χ1v) is 6.28. The second-order valence-corrected chi connectivity index (χ2v) is 5.28. The van der Waals surface area contributed by atoms with Crippen molar-refractivity contribution in [1.82, 2.24) is 10.2 Å². The van der Waals surface area contributed by atoms with Gasteiger partial charge in [0.05, 0.1) is 5.69 Å². The number of aromatic nitrogens is 2. The van der Waals surface area contributed by atoms with Gasteiger partial charge in [0.1, 0.15) is 0 Å². The Labute approximate surface area is 106 Å². The third kappa shape index (κ3) is 2.41. The van der Waals surface area contributed by atoms with Crippen LogP contribution >= 0.6 is 23.2 Å². The van der Waals surface area contributed by atoms with E-state index in [1.54, 1.807) is 6.07 Å². The zero-order chi connectivity index (χ0) is 11.7. The molecule has 88 valence electrons. The summed E-state index contributed by atoms with van der Waals surface area (Å²) in [4.78, 5) is 0. The molecule has 0 aliphatic heterocycles. The van der Waals surface area contributed by atoms with E-state index in [1.807, 2.05) is 0 Å². The maximum atomic E-state index is 5.96. The van der Waals surface area contributed by atoms with E-state index in [-0.39, 0.29) is 0 Å². The molecule has 0 saturated heterocycles. The van der Waals surface area contributed by atoms with E-state index in [9.17, 15) is 0 Å². The fourth-order valence-electron chi connectivity index (χ4n) is 2.22. The molecule has 5 heteroatoms. The summed E-state index contributed by atoms with van der Waals surface area (Å²) >= 11 is 11.8. The van der Waals surface area contributed by atoms with Crippen LogP contribution in [-0.4, -0.2) is 16.2 Å². The Hall–Kier alpha value is -0.540. The van der Waals surface area contributed by atoms with Gasteiger partial charge in [-0.25, -0.2) is 0 Å². The van der Waals surface area contributed by atoms with Gasteiger partial charge in [0.15, 0.2) is 10.3 Å². The lowest BCUT2D eigenvalue weighted by molar-refractivity contribution is 0.435. The van der Waals surface area contributed by atoms with Crippen LogP contribution in [0.1, 0.15) is 26.7 Å². The summed E-state index contributed by atoms with van der Waals surface area (Å²) in [6.45, 7) is 4.55. The highest BCUT2D eigenvalue weighted by atomic mass is 35.5. The highest BCUT2D eigenvalue weighted by molar-refractivity contribution is 6.33. The van der Waals surface area contributed by atoms with Crippen LogP contribution in [0.5, 0.6) is 0 Å². The van der Waals surface area contributed by atoms with E-state index in [2.05, 4.69) is 29.4 Å². The van der Waals surface area contributed by atoms with E-state index in [0.717, 1.165) is 11.6 Å². The Bertz CT molecular complexity index is 383. The van der Waals surface area contributed by atoms with Crippen molar-refractivity contribution >= 4 is 28.9 Å². The standard InChI is InChI=1S/C11H15Cl2N3/c1-6-3-4-8(7(6)2)14-9-5-10(12)15-16-11(9)13/h5-8H,3-4H2,1-2H3,(H,14,15). The molecule has 3 atom stereocenters. The number of rotatable bonds is 2. The molecule has 1 aromatic heterocycles. The maximum Gasteiger partial charge on any atom is 0.174 e. The Kier molecular flexibility index (Phi) is 3.55. The van der Waals surface area contributed by atoms with Crippen molar-refractivity contribution in [3.05, 3.63) is 16.4 Å². The van der Waals surface area contributed by atoms with Crippen molar-refractivity contribution in [1.29, 1.82) is 0 Å². The molecule has 1 aromatic rings. The predicted octanol–water partition coefficient (Wildman–Crippen LogP) is 3.63. The zero-order valence-corrected chi connectivity index (χ0v) is 10.9. The smallest absolute Gasteiger partial charge is 0.174 e. The van der Waals surface area contributed by atoms with Gasteiger partial charge in [-0.1, -0.05) is 37.0 Å². The van der Waals surface area contributed by atoms with Gasteiger partial charge in [-0.05, 0) is 24.7 Å². The lowest BCUT2D eigenvalue weighted by Gasteiger charge is -2.21. The first-order valence-electron chi connectivity index (χ1n) is 5.53. The third-order valence-electron chi connectivity index (χ3n) is 3.53. The molecule has 0 radical (unpaired) electrons. The summed E-state index contributed by atoms with van der Waals surface area (Å²) in [6, 6.07) is 2.18. The first-order chi connectivity index (χ1) is 7.58. The fraction of sp³-hybridized carbons (Fsp3) is 0.636. The Morgan fingerprint density at radius 1 is 1.25 bits per heavy atom. The van der Waals surface area contributed by atoms with Crippen molar-refractivity contribution in [3.63, 3.8) is 0 Å². The van der Waals surface area contributed by atoms with Gasteiger partial charge < -0.3 is 5.32 Å². The number of nitrogens with one attached hydrogen (secondary N) is 1. The number of hydrogen-bond donors (Lipinski definition) is 1. The maximum absolute atomic E-state index is 5.96. The van der Waals surface area contributed by atoms with Gasteiger partial charge in [0.2, 0.25) is 0 Å². The number of nitrogens with zero attached hydrogens (tertiary/aromatic N) is 2. The Morgan fingerprint density at radius 2 is 2.00 bits per heavy atom. The molecule has 1 saturated carbocycles. The second kappa shape index (κ2) is 4.76. The fourth-order valence-corrected chi connectivity index (χ4v) is 2.52. The number of hydrogen-bond acceptors (Lipinski definition) is 3. The monoisotopic (exact) mass is 259 g/mol. The van der Waals surface area contributed by atoms with Gasteiger partial charge >= 0.3 is 0 Å². The highest BCUT2D eigenvalue weighted by Crippen LogP contribution is 2.34. The van der Waals surface area contributed by atoms with E-state index in [0.29, 0.717) is 22.3 Å². The van der Waals surface area contributed by atoms with Gasteiger partial charge in [-0.2, -0.15) is 0 Å². The minimum absolute atomic E-state index is 0.366. The van der Waals surface area contributed by atoms with Crippen LogP contribution in [0.3, 0.4) is 0 Å². The summed E-state index contributed by atoms with van der Waals surface area (Å²) in [6.07, 6.45) is 2.42. The Balaban J connectivity index is 2.12. The minimum Gasteiger partial charge on any atom is -0.379 e. The molecular weight excluding hydrogens is 245 g/mol. The molecule has 1 aliphatic carbocycles. The quantitative estimate of drug-likeness (QED) is 0.882. The summed E-state index contributed by atoms with van der Waals surface area (Å²) in [5.74, 6) is 1.39. The van der Waals surface area contributed by atoms with Crippen LogP contribution in [0.25, 0.3) is 0 Å². The largest absolute Gasteiger partial charge is 0.379 e. The lowest BCUT2D eigenvalue weighted by Crippen LogP contribution is -2.24. The molecular formula is C11H15Cl2N3. The molecule has 2 rings (SSSR count). The average molecular weight is 260 g/mol. The molecule has 1 fully saturated rings. The van der Waals surface area contributed by atoms with Crippen LogP contribution < -0.4 is 5.32 Å². The molecule has 3 unspecified atom stereocenters. The number of halogens is 2. The van der Waals surface area contributed by atoms with Crippen LogP contribution in [0, 0.1) is 11.8 Å².